The fourth-order valence-electron chi connectivity index (χ4n) is 5.00. The second-order valence-corrected chi connectivity index (χ2v) is 7.87. The van der Waals surface area contributed by atoms with Crippen LogP contribution in [0, 0.1) is 0 Å². The lowest BCUT2D eigenvalue weighted by atomic mass is 9.79. The number of rotatable bonds is 2. The standard InChI is InChI=1S/C29H20O/c30-29(27-18-7-4-14-24(27)25-15-5-8-19-28(25)29)26-17-6-3-13-23(26)22-16-9-11-20-10-1-2-12-21(20)22/h1-19,30H. The van der Waals surface area contributed by atoms with Gasteiger partial charge in [-0.3, -0.25) is 0 Å². The summed E-state index contributed by atoms with van der Waals surface area (Å²) in [5.74, 6) is 0. The largest absolute Gasteiger partial charge is 0.376 e. The lowest BCUT2D eigenvalue weighted by molar-refractivity contribution is 0.131. The van der Waals surface area contributed by atoms with E-state index in [1.165, 1.54) is 10.8 Å². The zero-order valence-corrected chi connectivity index (χ0v) is 16.4. The first kappa shape index (κ1) is 17.2. The van der Waals surface area contributed by atoms with E-state index in [-0.39, 0.29) is 0 Å². The SMILES string of the molecule is OC1(c2ccccc2-c2cccc3ccccc23)c2ccccc2-c2ccccc21. The van der Waals surface area contributed by atoms with Crippen LogP contribution in [-0.4, -0.2) is 5.11 Å². The molecule has 0 saturated carbocycles. The normalized spacial score (nSPS) is 13.8. The molecule has 0 fully saturated rings. The summed E-state index contributed by atoms with van der Waals surface area (Å²) in [6.07, 6.45) is 0. The Kier molecular flexibility index (Phi) is 3.68. The second-order valence-electron chi connectivity index (χ2n) is 7.87. The summed E-state index contributed by atoms with van der Waals surface area (Å²) in [6, 6.07) is 39.5. The van der Waals surface area contributed by atoms with Crippen LogP contribution in [0.3, 0.4) is 0 Å². The van der Waals surface area contributed by atoms with Crippen LogP contribution in [0.25, 0.3) is 33.0 Å². The van der Waals surface area contributed by atoms with Crippen LogP contribution < -0.4 is 0 Å². The van der Waals surface area contributed by atoms with Crippen LogP contribution in [0.4, 0.5) is 0 Å². The molecule has 1 nitrogen and oxygen atoms in total. The van der Waals surface area contributed by atoms with Crippen molar-refractivity contribution in [2.24, 2.45) is 0 Å². The molecule has 0 aliphatic heterocycles. The van der Waals surface area contributed by atoms with E-state index in [0.29, 0.717) is 0 Å². The Morgan fingerprint density at radius 1 is 0.400 bits per heavy atom. The van der Waals surface area contributed by atoms with Crippen molar-refractivity contribution in [1.29, 1.82) is 0 Å². The Hall–Kier alpha value is -3.68. The van der Waals surface area contributed by atoms with Gasteiger partial charge in [0.15, 0.2) is 0 Å². The van der Waals surface area contributed by atoms with Gasteiger partial charge in [0.25, 0.3) is 0 Å². The van der Waals surface area contributed by atoms with Gasteiger partial charge < -0.3 is 5.11 Å². The molecule has 0 aromatic heterocycles. The highest BCUT2D eigenvalue weighted by Crippen LogP contribution is 2.52. The third-order valence-corrected chi connectivity index (χ3v) is 6.32. The summed E-state index contributed by atoms with van der Waals surface area (Å²) >= 11 is 0. The Bertz CT molecular complexity index is 1360. The molecule has 0 saturated heterocycles. The van der Waals surface area contributed by atoms with Crippen molar-refractivity contribution in [3.63, 3.8) is 0 Å². The van der Waals surface area contributed by atoms with Crippen LogP contribution in [0.2, 0.25) is 0 Å². The van der Waals surface area contributed by atoms with E-state index in [0.717, 1.165) is 38.9 Å². The third kappa shape index (κ3) is 2.27. The monoisotopic (exact) mass is 384 g/mol. The van der Waals surface area contributed by atoms with Gasteiger partial charge in [-0.15, -0.1) is 0 Å². The van der Waals surface area contributed by atoms with Gasteiger partial charge in [0, 0.05) is 16.7 Å². The predicted octanol–water partition coefficient (Wildman–Crippen LogP) is 6.77. The van der Waals surface area contributed by atoms with Gasteiger partial charge in [0.05, 0.1) is 0 Å². The molecular weight excluding hydrogens is 364 g/mol. The molecule has 30 heavy (non-hydrogen) atoms. The van der Waals surface area contributed by atoms with Crippen molar-refractivity contribution in [2.45, 2.75) is 5.60 Å². The average molecular weight is 384 g/mol. The molecule has 0 atom stereocenters. The van der Waals surface area contributed by atoms with Crippen LogP contribution in [0.15, 0.2) is 115 Å². The van der Waals surface area contributed by atoms with Crippen molar-refractivity contribution in [3.05, 3.63) is 132 Å². The molecule has 0 bridgehead atoms. The summed E-state index contributed by atoms with van der Waals surface area (Å²) < 4.78 is 0. The fourth-order valence-corrected chi connectivity index (χ4v) is 5.00. The molecule has 0 amide bonds. The highest BCUT2D eigenvalue weighted by molar-refractivity contribution is 5.98. The Morgan fingerprint density at radius 2 is 0.800 bits per heavy atom. The molecule has 1 aliphatic carbocycles. The van der Waals surface area contributed by atoms with E-state index in [1.807, 2.05) is 30.3 Å². The minimum atomic E-state index is -1.19. The second kappa shape index (κ2) is 6.41. The summed E-state index contributed by atoms with van der Waals surface area (Å²) in [5.41, 5.74) is 6.01. The molecule has 0 heterocycles. The minimum Gasteiger partial charge on any atom is -0.376 e. The third-order valence-electron chi connectivity index (χ3n) is 6.32. The molecule has 142 valence electrons. The minimum absolute atomic E-state index is 0.916. The van der Waals surface area contributed by atoms with E-state index in [4.69, 9.17) is 0 Å². The Balaban J connectivity index is 1.70. The predicted molar refractivity (Wildman–Crippen MR) is 123 cm³/mol. The summed E-state index contributed by atoms with van der Waals surface area (Å²) in [7, 11) is 0. The van der Waals surface area contributed by atoms with Crippen LogP contribution in [-0.2, 0) is 5.60 Å². The summed E-state index contributed by atoms with van der Waals surface area (Å²) in [5, 5.41) is 14.8. The van der Waals surface area contributed by atoms with Crippen molar-refractivity contribution in [1.82, 2.24) is 0 Å². The van der Waals surface area contributed by atoms with Gasteiger partial charge >= 0.3 is 0 Å². The smallest absolute Gasteiger partial charge is 0.142 e. The number of fused-ring (bicyclic) bond motifs is 4. The quantitative estimate of drug-likeness (QED) is 0.356. The number of aliphatic hydroxyl groups is 1. The number of benzene rings is 5. The Morgan fingerprint density at radius 3 is 1.40 bits per heavy atom. The number of hydrogen-bond donors (Lipinski definition) is 1. The maximum absolute atomic E-state index is 12.4. The van der Waals surface area contributed by atoms with Crippen molar-refractivity contribution >= 4 is 10.8 Å². The molecule has 1 heteroatoms. The Labute approximate surface area is 175 Å². The van der Waals surface area contributed by atoms with Crippen LogP contribution in [0.5, 0.6) is 0 Å². The van der Waals surface area contributed by atoms with Gasteiger partial charge in [-0.25, -0.2) is 0 Å². The maximum atomic E-state index is 12.4. The first-order chi connectivity index (χ1) is 14.8. The zero-order valence-electron chi connectivity index (χ0n) is 16.4. The van der Waals surface area contributed by atoms with E-state index < -0.39 is 5.60 Å². The zero-order chi connectivity index (χ0) is 20.1. The van der Waals surface area contributed by atoms with E-state index in [2.05, 4.69) is 84.9 Å². The van der Waals surface area contributed by atoms with E-state index >= 15 is 0 Å². The topological polar surface area (TPSA) is 20.2 Å². The highest BCUT2D eigenvalue weighted by atomic mass is 16.3. The molecule has 5 aromatic carbocycles. The fraction of sp³-hybridized carbons (Fsp3) is 0.0345. The lowest BCUT2D eigenvalue weighted by Gasteiger charge is -2.29. The molecule has 0 spiro atoms. The summed E-state index contributed by atoms with van der Waals surface area (Å²) in [6.45, 7) is 0. The van der Waals surface area contributed by atoms with Gasteiger partial charge in [-0.1, -0.05) is 115 Å². The average Bonchev–Trinajstić information content (AvgIpc) is 3.09. The van der Waals surface area contributed by atoms with Gasteiger partial charge in [-0.05, 0) is 33.0 Å². The molecule has 1 N–H and O–H groups in total. The maximum Gasteiger partial charge on any atom is 0.142 e. The van der Waals surface area contributed by atoms with Gasteiger partial charge in [0.2, 0.25) is 0 Å². The van der Waals surface area contributed by atoms with Crippen molar-refractivity contribution < 1.29 is 5.11 Å². The molecule has 1 aliphatic rings. The van der Waals surface area contributed by atoms with Crippen molar-refractivity contribution in [2.75, 3.05) is 0 Å². The van der Waals surface area contributed by atoms with Crippen LogP contribution >= 0.6 is 0 Å². The highest BCUT2D eigenvalue weighted by Gasteiger charge is 2.44. The lowest BCUT2D eigenvalue weighted by Crippen LogP contribution is -2.27. The van der Waals surface area contributed by atoms with Crippen LogP contribution in [0.1, 0.15) is 16.7 Å². The first-order valence-electron chi connectivity index (χ1n) is 10.3. The summed E-state index contributed by atoms with van der Waals surface area (Å²) in [4.78, 5) is 0. The van der Waals surface area contributed by atoms with E-state index in [1.54, 1.807) is 0 Å². The van der Waals surface area contributed by atoms with Gasteiger partial charge in [-0.2, -0.15) is 0 Å². The molecule has 0 radical (unpaired) electrons. The van der Waals surface area contributed by atoms with Gasteiger partial charge in [0.1, 0.15) is 5.60 Å². The van der Waals surface area contributed by atoms with Crippen molar-refractivity contribution in [3.8, 4) is 22.3 Å². The molecular formula is C29H20O. The number of hydrogen-bond acceptors (Lipinski definition) is 1. The molecule has 6 rings (SSSR count). The molecule has 0 unspecified atom stereocenters. The van der Waals surface area contributed by atoms with E-state index in [9.17, 15) is 5.11 Å². The molecule has 5 aromatic rings. The first-order valence-corrected chi connectivity index (χ1v) is 10.3.